The molecule has 0 unspecified atom stereocenters. The summed E-state index contributed by atoms with van der Waals surface area (Å²) in [5.74, 6) is 0.448. The van der Waals surface area contributed by atoms with Crippen LogP contribution >= 0.6 is 11.6 Å². The first kappa shape index (κ1) is 15.4. The molecule has 0 bridgehead atoms. The maximum absolute atomic E-state index is 12.4. The van der Waals surface area contributed by atoms with Crippen molar-refractivity contribution in [2.24, 2.45) is 4.99 Å². The van der Waals surface area contributed by atoms with Crippen LogP contribution in [0.15, 0.2) is 53.4 Å². The lowest BCUT2D eigenvalue weighted by Gasteiger charge is -2.09. The lowest BCUT2D eigenvalue weighted by Crippen LogP contribution is -2.29. The summed E-state index contributed by atoms with van der Waals surface area (Å²) >= 11 is 6.20. The Labute approximate surface area is 139 Å². The summed E-state index contributed by atoms with van der Waals surface area (Å²) in [7, 11) is 0. The number of benzene rings is 1. The molecule has 0 spiro atoms. The Morgan fingerprint density at radius 1 is 1.26 bits per heavy atom. The summed E-state index contributed by atoms with van der Waals surface area (Å²) in [5, 5.41) is 3.34. The van der Waals surface area contributed by atoms with Gasteiger partial charge < -0.3 is 5.32 Å². The van der Waals surface area contributed by atoms with E-state index in [0.29, 0.717) is 22.8 Å². The third kappa shape index (κ3) is 3.48. The number of aryl methyl sites for hydroxylation is 1. The fourth-order valence-corrected chi connectivity index (χ4v) is 2.71. The van der Waals surface area contributed by atoms with Crippen molar-refractivity contribution in [1.29, 1.82) is 0 Å². The number of halogens is 1. The molecule has 4 nitrogen and oxygen atoms in total. The maximum atomic E-state index is 12.4. The average Bonchev–Trinajstić information content (AvgIpc) is 2.92. The summed E-state index contributed by atoms with van der Waals surface area (Å²) in [6.45, 7) is 3.90. The van der Waals surface area contributed by atoms with Crippen LogP contribution in [0.3, 0.4) is 0 Å². The third-order valence-corrected chi connectivity index (χ3v) is 3.89. The summed E-state index contributed by atoms with van der Waals surface area (Å²) < 4.78 is 0. The Morgan fingerprint density at radius 2 is 2.09 bits per heavy atom. The fourth-order valence-electron chi connectivity index (χ4n) is 2.47. The highest BCUT2D eigenvalue weighted by atomic mass is 35.5. The smallest absolute Gasteiger partial charge is 0.256 e. The lowest BCUT2D eigenvalue weighted by atomic mass is 10.0. The van der Waals surface area contributed by atoms with Gasteiger partial charge in [-0.1, -0.05) is 17.7 Å². The summed E-state index contributed by atoms with van der Waals surface area (Å²) in [5.41, 5.74) is 4.32. The van der Waals surface area contributed by atoms with Crippen LogP contribution in [0.25, 0.3) is 11.1 Å². The molecule has 0 radical (unpaired) electrons. The molecular weight excluding hydrogens is 310 g/mol. The zero-order chi connectivity index (χ0) is 16.4. The van der Waals surface area contributed by atoms with Crippen molar-refractivity contribution in [1.82, 2.24) is 10.3 Å². The van der Waals surface area contributed by atoms with Crippen LogP contribution < -0.4 is 5.32 Å². The predicted octanol–water partition coefficient (Wildman–Crippen LogP) is 4.15. The largest absolute Gasteiger partial charge is 0.310 e. The third-order valence-electron chi connectivity index (χ3n) is 3.67. The first-order valence-corrected chi connectivity index (χ1v) is 7.68. The van der Waals surface area contributed by atoms with Gasteiger partial charge in [-0.05, 0) is 49.2 Å². The fraction of sp³-hybridized carbons (Fsp3) is 0.167. The second-order valence-corrected chi connectivity index (χ2v) is 5.92. The second-order valence-electron chi connectivity index (χ2n) is 5.48. The molecule has 2 aromatic rings. The Morgan fingerprint density at radius 3 is 2.78 bits per heavy atom. The normalized spacial score (nSPS) is 13.5. The number of carbonyl (C=O) groups is 1. The van der Waals surface area contributed by atoms with Gasteiger partial charge in [-0.25, -0.2) is 4.99 Å². The van der Waals surface area contributed by atoms with Crippen LogP contribution in [0.2, 0.25) is 5.02 Å². The van der Waals surface area contributed by atoms with E-state index < -0.39 is 0 Å². The molecule has 23 heavy (non-hydrogen) atoms. The summed E-state index contributed by atoms with van der Waals surface area (Å²) in [6, 6.07) is 7.24. The Bertz CT molecular complexity index is 840. The van der Waals surface area contributed by atoms with Crippen molar-refractivity contribution < 1.29 is 4.79 Å². The number of pyridine rings is 1. The van der Waals surface area contributed by atoms with Gasteiger partial charge in [-0.15, -0.1) is 0 Å². The molecule has 5 heteroatoms. The molecule has 2 heterocycles. The monoisotopic (exact) mass is 325 g/mol. The van der Waals surface area contributed by atoms with Crippen molar-refractivity contribution in [3.05, 3.63) is 64.6 Å². The lowest BCUT2D eigenvalue weighted by molar-refractivity contribution is 0.0976. The van der Waals surface area contributed by atoms with Gasteiger partial charge in [-0.2, -0.15) is 0 Å². The zero-order valence-electron chi connectivity index (χ0n) is 12.9. The number of nitrogens with one attached hydrogen (secondary N) is 1. The first-order chi connectivity index (χ1) is 11.0. The standard InChI is InChI=1S/C18H16ClN3O/c1-11-5-6-20-10-16(11)13-7-14(9-15(19)8-13)18(23)22-17-4-3-12(2)21-17/h3,5-10H,4H2,1-2H3,(H,21,22,23). The second kappa shape index (κ2) is 6.34. The number of aromatic nitrogens is 1. The Hall–Kier alpha value is -2.46. The predicted molar refractivity (Wildman–Crippen MR) is 92.7 cm³/mol. The van der Waals surface area contributed by atoms with Gasteiger partial charge in [0.05, 0.1) is 0 Å². The number of rotatable bonds is 2. The van der Waals surface area contributed by atoms with Crippen LogP contribution in [0.4, 0.5) is 0 Å². The van der Waals surface area contributed by atoms with Gasteiger partial charge in [0.1, 0.15) is 5.84 Å². The number of hydrogen-bond donors (Lipinski definition) is 1. The molecule has 116 valence electrons. The van der Waals surface area contributed by atoms with Crippen molar-refractivity contribution >= 4 is 23.3 Å². The number of aliphatic imine (C=N–C) groups is 1. The Kier molecular flexibility index (Phi) is 4.26. The minimum Gasteiger partial charge on any atom is -0.310 e. The van der Waals surface area contributed by atoms with Gasteiger partial charge >= 0.3 is 0 Å². The zero-order valence-corrected chi connectivity index (χ0v) is 13.7. The highest BCUT2D eigenvalue weighted by Crippen LogP contribution is 2.27. The van der Waals surface area contributed by atoms with Crippen LogP contribution in [0, 0.1) is 6.92 Å². The van der Waals surface area contributed by atoms with Crippen LogP contribution in [0.5, 0.6) is 0 Å². The van der Waals surface area contributed by atoms with E-state index in [1.165, 1.54) is 0 Å². The Balaban J connectivity index is 1.90. The quantitative estimate of drug-likeness (QED) is 0.902. The van der Waals surface area contributed by atoms with E-state index in [9.17, 15) is 4.79 Å². The summed E-state index contributed by atoms with van der Waals surface area (Å²) in [4.78, 5) is 20.9. The van der Waals surface area contributed by atoms with E-state index in [1.807, 2.05) is 38.1 Å². The number of hydrogen-bond acceptors (Lipinski definition) is 3. The first-order valence-electron chi connectivity index (χ1n) is 7.30. The maximum Gasteiger partial charge on any atom is 0.256 e. The van der Waals surface area contributed by atoms with E-state index in [-0.39, 0.29) is 5.91 Å². The van der Waals surface area contributed by atoms with Crippen LogP contribution in [0.1, 0.15) is 29.3 Å². The molecule has 1 amide bonds. The number of amides is 1. The van der Waals surface area contributed by atoms with Gasteiger partial charge in [0, 0.05) is 40.7 Å². The van der Waals surface area contributed by atoms with Crippen molar-refractivity contribution in [2.45, 2.75) is 20.3 Å². The van der Waals surface area contributed by atoms with Gasteiger partial charge in [0.25, 0.3) is 5.91 Å². The highest BCUT2D eigenvalue weighted by molar-refractivity contribution is 6.31. The van der Waals surface area contributed by atoms with Gasteiger partial charge in [-0.3, -0.25) is 9.78 Å². The van der Waals surface area contributed by atoms with Crippen LogP contribution in [-0.4, -0.2) is 16.7 Å². The SMILES string of the molecule is CC1=CCC(NC(=O)c2cc(Cl)cc(-c3cnccc3C)c2)=N1. The molecule has 1 aliphatic rings. The van der Waals surface area contributed by atoms with Crippen molar-refractivity contribution in [2.75, 3.05) is 0 Å². The van der Waals surface area contributed by atoms with E-state index in [1.54, 1.807) is 18.5 Å². The molecule has 1 aromatic heterocycles. The minimum atomic E-state index is -0.211. The van der Waals surface area contributed by atoms with E-state index in [0.717, 1.165) is 22.4 Å². The molecule has 0 fully saturated rings. The molecule has 0 saturated heterocycles. The van der Waals surface area contributed by atoms with Gasteiger partial charge in [0.2, 0.25) is 0 Å². The molecule has 0 aliphatic carbocycles. The number of carbonyl (C=O) groups excluding carboxylic acids is 1. The van der Waals surface area contributed by atoms with Gasteiger partial charge in [0.15, 0.2) is 0 Å². The van der Waals surface area contributed by atoms with E-state index in [2.05, 4.69) is 15.3 Å². The molecule has 0 saturated carbocycles. The topological polar surface area (TPSA) is 54.4 Å². The molecule has 1 N–H and O–H groups in total. The average molecular weight is 326 g/mol. The molecule has 1 aliphatic heterocycles. The van der Waals surface area contributed by atoms with Crippen molar-refractivity contribution in [3.8, 4) is 11.1 Å². The van der Waals surface area contributed by atoms with E-state index >= 15 is 0 Å². The number of amidine groups is 1. The van der Waals surface area contributed by atoms with Crippen LogP contribution in [-0.2, 0) is 0 Å². The molecular formula is C18H16ClN3O. The molecule has 3 rings (SSSR count). The number of allylic oxidation sites excluding steroid dienone is 1. The molecule has 0 atom stereocenters. The molecule has 1 aromatic carbocycles. The van der Waals surface area contributed by atoms with E-state index in [4.69, 9.17) is 11.6 Å². The van der Waals surface area contributed by atoms with Crippen molar-refractivity contribution in [3.63, 3.8) is 0 Å². The minimum absolute atomic E-state index is 0.211. The summed E-state index contributed by atoms with van der Waals surface area (Å²) in [6.07, 6.45) is 6.13. The highest BCUT2D eigenvalue weighted by Gasteiger charge is 2.14. The number of nitrogens with zero attached hydrogens (tertiary/aromatic N) is 2.